The molecule has 0 radical (unpaired) electrons. The summed E-state index contributed by atoms with van der Waals surface area (Å²) in [6.07, 6.45) is 0. The molecule has 0 N–H and O–H groups in total. The van der Waals surface area contributed by atoms with E-state index >= 15 is 0 Å². The average molecular weight is 363 g/mol. The first-order valence-corrected chi connectivity index (χ1v) is 7.69. The van der Waals surface area contributed by atoms with Gasteiger partial charge in [0.1, 0.15) is 11.8 Å². The van der Waals surface area contributed by atoms with Crippen molar-refractivity contribution < 1.29 is 13.5 Å². The van der Waals surface area contributed by atoms with Crippen LogP contribution in [0.25, 0.3) is 11.0 Å². The topological polar surface area (TPSA) is 63.7 Å². The third-order valence-corrected chi connectivity index (χ3v) is 3.94. The van der Waals surface area contributed by atoms with Gasteiger partial charge in [-0.25, -0.2) is 9.67 Å². The maximum absolute atomic E-state index is 13.8. The number of pyridine rings is 1. The number of rotatable bonds is 4. The number of aryl methyl sites for hydroxylation is 1. The number of ether oxygens (including phenoxy) is 1. The van der Waals surface area contributed by atoms with Crippen LogP contribution in [0.1, 0.15) is 22.5 Å². The van der Waals surface area contributed by atoms with E-state index in [0.29, 0.717) is 11.4 Å². The van der Waals surface area contributed by atoms with Crippen LogP contribution in [0.3, 0.4) is 0 Å². The lowest BCUT2D eigenvalue weighted by Crippen LogP contribution is -2.07. The fourth-order valence-electron chi connectivity index (χ4n) is 2.61. The molecule has 0 saturated heterocycles. The van der Waals surface area contributed by atoms with E-state index in [-0.39, 0.29) is 23.3 Å². The lowest BCUT2D eigenvalue weighted by Gasteiger charge is -2.11. The van der Waals surface area contributed by atoms with Crippen molar-refractivity contribution in [3.63, 3.8) is 0 Å². The summed E-state index contributed by atoms with van der Waals surface area (Å²) in [6.45, 7) is 1.86. The number of nitrogens with zero attached hydrogens (tertiary/aromatic N) is 4. The molecule has 0 spiro atoms. The first kappa shape index (κ1) is 17.1. The Morgan fingerprint density at radius 3 is 2.56 bits per heavy atom. The molecule has 0 saturated carbocycles. The molecule has 5 nitrogen and oxygen atoms in total. The second kappa shape index (κ2) is 6.30. The summed E-state index contributed by atoms with van der Waals surface area (Å²) >= 11 is 5.22. The van der Waals surface area contributed by atoms with Crippen LogP contribution in [0, 0.1) is 18.3 Å². The normalized spacial score (nSPS) is 11.5. The van der Waals surface area contributed by atoms with Gasteiger partial charge in [-0.2, -0.15) is 19.1 Å². The fraction of sp³-hybridized carbons (Fsp3) is 0.235. The molecule has 128 valence electrons. The van der Waals surface area contributed by atoms with Crippen LogP contribution >= 0.6 is 11.6 Å². The van der Waals surface area contributed by atoms with Crippen molar-refractivity contribution in [2.24, 2.45) is 0 Å². The molecule has 0 aliphatic rings. The summed E-state index contributed by atoms with van der Waals surface area (Å²) in [5.74, 6) is 0.699. The maximum atomic E-state index is 13.8. The molecule has 0 amide bonds. The highest BCUT2D eigenvalue weighted by Gasteiger charge is 2.33. The van der Waals surface area contributed by atoms with Crippen LogP contribution in [0.4, 0.5) is 8.78 Å². The van der Waals surface area contributed by atoms with Crippen molar-refractivity contribution in [1.29, 1.82) is 5.26 Å². The molecule has 0 atom stereocenters. The number of aromatic nitrogens is 3. The Morgan fingerprint density at radius 2 is 2.00 bits per heavy atom. The number of nitriles is 1. The van der Waals surface area contributed by atoms with E-state index in [9.17, 15) is 14.0 Å². The third-order valence-electron chi connectivity index (χ3n) is 3.73. The van der Waals surface area contributed by atoms with Crippen LogP contribution in [-0.2, 0) is 11.9 Å². The maximum Gasteiger partial charge on any atom is 0.349 e. The zero-order chi connectivity index (χ0) is 18.2. The first-order chi connectivity index (χ1) is 11.8. The standard InChI is InChI=1S/C17H13ClF2N4O/c1-10-7-13(17(18,19)20)15-14(8-21)23-24(16(15)22-10)9-11-3-5-12(25-2)6-4-11/h3-7H,9H2,1-2H3. The monoisotopic (exact) mass is 362 g/mol. The van der Waals surface area contributed by atoms with Gasteiger partial charge in [-0.3, -0.25) is 0 Å². The molecule has 2 heterocycles. The predicted molar refractivity (Wildman–Crippen MR) is 88.8 cm³/mol. The van der Waals surface area contributed by atoms with E-state index in [1.165, 1.54) is 10.7 Å². The summed E-state index contributed by atoms with van der Waals surface area (Å²) in [6, 6.07) is 10.2. The zero-order valence-corrected chi connectivity index (χ0v) is 14.2. The third kappa shape index (κ3) is 3.26. The average Bonchev–Trinajstić information content (AvgIpc) is 2.91. The SMILES string of the molecule is COc1ccc(Cn2nc(C#N)c3c(C(F)(F)Cl)cc(C)nc32)cc1. The van der Waals surface area contributed by atoms with E-state index in [1.807, 2.05) is 18.2 Å². The van der Waals surface area contributed by atoms with Gasteiger partial charge in [0.05, 0.1) is 24.6 Å². The number of fused-ring (bicyclic) bond motifs is 1. The Bertz CT molecular complexity index is 971. The summed E-state index contributed by atoms with van der Waals surface area (Å²) in [5.41, 5.74) is 0.823. The molecule has 8 heteroatoms. The summed E-state index contributed by atoms with van der Waals surface area (Å²) in [4.78, 5) is 4.28. The van der Waals surface area contributed by atoms with Crippen molar-refractivity contribution in [3.8, 4) is 11.8 Å². The van der Waals surface area contributed by atoms with Crippen LogP contribution in [0.15, 0.2) is 30.3 Å². The van der Waals surface area contributed by atoms with Gasteiger partial charge in [-0.15, -0.1) is 0 Å². The zero-order valence-electron chi connectivity index (χ0n) is 13.4. The molecule has 0 aliphatic carbocycles. The second-order valence-corrected chi connectivity index (χ2v) is 5.95. The Hall–Kier alpha value is -2.72. The van der Waals surface area contributed by atoms with Gasteiger partial charge in [-0.05, 0) is 42.3 Å². The summed E-state index contributed by atoms with van der Waals surface area (Å²) < 4.78 is 34.1. The molecule has 3 rings (SSSR count). The minimum atomic E-state index is -3.62. The molecule has 25 heavy (non-hydrogen) atoms. The minimum absolute atomic E-state index is 0.0263. The number of alkyl halides is 3. The number of hydrogen-bond acceptors (Lipinski definition) is 4. The predicted octanol–water partition coefficient (Wildman–Crippen LogP) is 3.96. The van der Waals surface area contributed by atoms with Gasteiger partial charge in [0.2, 0.25) is 0 Å². The number of benzene rings is 1. The Labute approximate surface area is 147 Å². The van der Waals surface area contributed by atoms with E-state index in [1.54, 1.807) is 26.2 Å². The van der Waals surface area contributed by atoms with Gasteiger partial charge in [0.25, 0.3) is 0 Å². The lowest BCUT2D eigenvalue weighted by molar-refractivity contribution is 0.0967. The number of halogens is 3. The van der Waals surface area contributed by atoms with Gasteiger partial charge in [-0.1, -0.05) is 12.1 Å². The molecular weight excluding hydrogens is 350 g/mol. The van der Waals surface area contributed by atoms with Gasteiger partial charge >= 0.3 is 5.38 Å². The Kier molecular flexibility index (Phi) is 4.31. The van der Waals surface area contributed by atoms with Gasteiger partial charge in [0, 0.05) is 5.69 Å². The molecule has 1 aromatic carbocycles. The highest BCUT2D eigenvalue weighted by Crippen LogP contribution is 2.38. The van der Waals surface area contributed by atoms with Crippen LogP contribution in [0.2, 0.25) is 0 Å². The van der Waals surface area contributed by atoms with Crippen molar-refractivity contribution in [3.05, 3.63) is 52.8 Å². The number of hydrogen-bond donors (Lipinski definition) is 0. The molecule has 0 fully saturated rings. The highest BCUT2D eigenvalue weighted by atomic mass is 35.5. The summed E-state index contributed by atoms with van der Waals surface area (Å²) in [5, 5.41) is 9.77. The van der Waals surface area contributed by atoms with E-state index in [4.69, 9.17) is 16.3 Å². The minimum Gasteiger partial charge on any atom is -0.497 e. The molecule has 3 aromatic rings. The quantitative estimate of drug-likeness (QED) is 0.659. The van der Waals surface area contributed by atoms with Crippen molar-refractivity contribution >= 4 is 22.6 Å². The van der Waals surface area contributed by atoms with E-state index in [2.05, 4.69) is 10.1 Å². The number of methoxy groups -OCH3 is 1. The smallest absolute Gasteiger partial charge is 0.349 e. The van der Waals surface area contributed by atoms with Gasteiger partial charge < -0.3 is 4.74 Å². The fourth-order valence-corrected chi connectivity index (χ4v) is 2.76. The largest absolute Gasteiger partial charge is 0.497 e. The van der Waals surface area contributed by atoms with Crippen LogP contribution < -0.4 is 4.74 Å². The lowest BCUT2D eigenvalue weighted by atomic mass is 10.1. The summed E-state index contributed by atoms with van der Waals surface area (Å²) in [7, 11) is 1.57. The van der Waals surface area contributed by atoms with Crippen molar-refractivity contribution in [2.75, 3.05) is 7.11 Å². The Morgan fingerprint density at radius 1 is 1.32 bits per heavy atom. The molecule has 2 aromatic heterocycles. The highest BCUT2D eigenvalue weighted by molar-refractivity contribution is 6.22. The van der Waals surface area contributed by atoms with Crippen LogP contribution in [0.5, 0.6) is 5.75 Å². The Balaban J connectivity index is 2.16. The van der Waals surface area contributed by atoms with Crippen LogP contribution in [-0.4, -0.2) is 21.9 Å². The molecule has 0 bridgehead atoms. The van der Waals surface area contributed by atoms with E-state index < -0.39 is 10.9 Å². The van der Waals surface area contributed by atoms with E-state index in [0.717, 1.165) is 5.56 Å². The molecule has 0 aliphatic heterocycles. The molecule has 0 unspecified atom stereocenters. The van der Waals surface area contributed by atoms with Crippen molar-refractivity contribution in [2.45, 2.75) is 18.9 Å². The first-order valence-electron chi connectivity index (χ1n) is 7.32. The van der Waals surface area contributed by atoms with Crippen molar-refractivity contribution in [1.82, 2.24) is 14.8 Å². The second-order valence-electron chi connectivity index (χ2n) is 5.47. The van der Waals surface area contributed by atoms with Gasteiger partial charge in [0.15, 0.2) is 11.3 Å². The molecular formula is C17H13ClF2N4O.